The van der Waals surface area contributed by atoms with Crippen LogP contribution in [-0.4, -0.2) is 28.5 Å². The van der Waals surface area contributed by atoms with Crippen molar-refractivity contribution in [3.8, 4) is 5.69 Å². The van der Waals surface area contributed by atoms with Gasteiger partial charge in [0.1, 0.15) is 0 Å². The average Bonchev–Trinajstić information content (AvgIpc) is 2.90. The largest absolute Gasteiger partial charge is 0.355 e. The van der Waals surface area contributed by atoms with E-state index in [4.69, 9.17) is 0 Å². The van der Waals surface area contributed by atoms with Crippen LogP contribution in [-0.2, 0) is 0 Å². The molecule has 0 fully saturated rings. The molecule has 2 N–H and O–H groups in total. The summed E-state index contributed by atoms with van der Waals surface area (Å²) in [5, 5.41) is 6.00. The fraction of sp³-hybridized carbons (Fsp3) is 0.118. The molecular weight excluding hydrogens is 294 g/mol. The van der Waals surface area contributed by atoms with E-state index >= 15 is 0 Å². The topological polar surface area (TPSA) is 84.0 Å². The zero-order valence-corrected chi connectivity index (χ0v) is 12.7. The van der Waals surface area contributed by atoms with Crippen molar-refractivity contribution in [3.63, 3.8) is 0 Å². The van der Waals surface area contributed by atoms with Crippen molar-refractivity contribution >= 4 is 22.6 Å². The minimum absolute atomic E-state index is 0.0714. The second-order valence-corrected chi connectivity index (χ2v) is 5.20. The highest BCUT2D eigenvalue weighted by molar-refractivity contribution is 5.97. The monoisotopic (exact) mass is 309 g/mol. The van der Waals surface area contributed by atoms with Gasteiger partial charge in [-0.15, -0.1) is 0 Å². The summed E-state index contributed by atoms with van der Waals surface area (Å²) in [4.78, 5) is 35.7. The molecule has 2 aromatic carbocycles. The van der Waals surface area contributed by atoms with Crippen molar-refractivity contribution in [1.29, 1.82) is 0 Å². The van der Waals surface area contributed by atoms with Gasteiger partial charge >= 0.3 is 0 Å². The van der Waals surface area contributed by atoms with Gasteiger partial charge in [-0.2, -0.15) is 0 Å². The van der Waals surface area contributed by atoms with Crippen LogP contribution < -0.4 is 10.9 Å². The Morgan fingerprint density at radius 1 is 1.09 bits per heavy atom. The Morgan fingerprint density at radius 3 is 2.57 bits per heavy atom. The number of carbonyl (C=O) groups excluding carboxylic acids is 2. The predicted octanol–water partition coefficient (Wildman–Crippen LogP) is 1.88. The molecule has 0 unspecified atom stereocenters. The minimum Gasteiger partial charge on any atom is -0.355 e. The van der Waals surface area contributed by atoms with Crippen LogP contribution in [0, 0.1) is 0 Å². The molecule has 3 rings (SSSR count). The van der Waals surface area contributed by atoms with Crippen LogP contribution in [0.2, 0.25) is 0 Å². The zero-order chi connectivity index (χ0) is 16.6. The second kappa shape index (κ2) is 5.57. The molecule has 0 saturated carbocycles. The molecular formula is C17H15N3O3. The number of carbonyl (C=O) groups is 2. The normalized spacial score (nSPS) is 10.7. The van der Waals surface area contributed by atoms with Gasteiger partial charge in [0.2, 0.25) is 0 Å². The summed E-state index contributed by atoms with van der Waals surface area (Å²) in [6.45, 7) is 1.47. The fourth-order valence-corrected chi connectivity index (χ4v) is 2.45. The summed E-state index contributed by atoms with van der Waals surface area (Å²) >= 11 is 0. The third kappa shape index (κ3) is 2.55. The lowest BCUT2D eigenvalue weighted by molar-refractivity contribution is 0.0962. The van der Waals surface area contributed by atoms with Crippen LogP contribution in [0.3, 0.4) is 0 Å². The standard InChI is InChI=1S/C17H15N3O3/c1-10(21)11-4-3-5-13(8-11)20-17(23)14-7-6-12(16(22)18-2)9-15(14)19-20/h3-9,19H,1-2H3,(H,18,22). The Hall–Kier alpha value is -3.15. The number of hydrogen-bond acceptors (Lipinski definition) is 3. The van der Waals surface area contributed by atoms with E-state index in [1.807, 2.05) is 0 Å². The predicted molar refractivity (Wildman–Crippen MR) is 87.3 cm³/mol. The van der Waals surface area contributed by atoms with Crippen LogP contribution in [0.25, 0.3) is 16.6 Å². The molecule has 1 heterocycles. The number of aromatic nitrogens is 2. The van der Waals surface area contributed by atoms with Gasteiger partial charge in [-0.05, 0) is 37.3 Å². The lowest BCUT2D eigenvalue weighted by Crippen LogP contribution is -2.17. The van der Waals surface area contributed by atoms with Gasteiger partial charge in [0.15, 0.2) is 5.78 Å². The van der Waals surface area contributed by atoms with E-state index in [-0.39, 0.29) is 17.2 Å². The summed E-state index contributed by atoms with van der Waals surface area (Å²) in [7, 11) is 1.55. The summed E-state index contributed by atoms with van der Waals surface area (Å²) in [6.07, 6.45) is 0. The number of ketones is 1. The van der Waals surface area contributed by atoms with E-state index in [1.165, 1.54) is 11.6 Å². The van der Waals surface area contributed by atoms with Crippen molar-refractivity contribution < 1.29 is 9.59 Å². The first-order valence-electron chi connectivity index (χ1n) is 7.09. The number of hydrogen-bond donors (Lipinski definition) is 2. The first-order valence-corrected chi connectivity index (χ1v) is 7.09. The Bertz CT molecular complexity index is 982. The van der Waals surface area contributed by atoms with E-state index in [1.54, 1.807) is 49.5 Å². The Kier molecular flexibility index (Phi) is 3.57. The van der Waals surface area contributed by atoms with E-state index in [0.717, 1.165) is 0 Å². The van der Waals surface area contributed by atoms with Gasteiger partial charge in [0, 0.05) is 18.2 Å². The fourth-order valence-electron chi connectivity index (χ4n) is 2.45. The molecule has 0 aliphatic heterocycles. The molecule has 0 saturated heterocycles. The third-order valence-electron chi connectivity index (χ3n) is 3.69. The molecule has 6 heteroatoms. The molecule has 0 atom stereocenters. The lowest BCUT2D eigenvalue weighted by atomic mass is 10.1. The summed E-state index contributed by atoms with van der Waals surface area (Å²) in [5.41, 5.74) is 1.89. The molecule has 116 valence electrons. The van der Waals surface area contributed by atoms with Crippen molar-refractivity contribution in [2.45, 2.75) is 6.92 Å². The number of nitrogens with one attached hydrogen (secondary N) is 2. The summed E-state index contributed by atoms with van der Waals surface area (Å²) < 4.78 is 1.37. The lowest BCUT2D eigenvalue weighted by Gasteiger charge is -2.03. The maximum atomic E-state index is 12.5. The number of aromatic amines is 1. The van der Waals surface area contributed by atoms with Crippen molar-refractivity contribution in [2.75, 3.05) is 7.05 Å². The Labute approximate surface area is 131 Å². The molecule has 3 aromatic rings. The number of benzene rings is 2. The number of H-pyrrole nitrogens is 1. The smallest absolute Gasteiger partial charge is 0.279 e. The van der Waals surface area contributed by atoms with E-state index < -0.39 is 0 Å². The van der Waals surface area contributed by atoms with Gasteiger partial charge in [-0.3, -0.25) is 19.5 Å². The van der Waals surface area contributed by atoms with Gasteiger partial charge in [0.25, 0.3) is 11.5 Å². The van der Waals surface area contributed by atoms with Crippen LogP contribution in [0.5, 0.6) is 0 Å². The number of Topliss-reactive ketones (excluding diaryl/α,β-unsaturated/α-hetero) is 1. The van der Waals surface area contributed by atoms with Crippen molar-refractivity contribution in [3.05, 3.63) is 63.9 Å². The molecule has 0 spiro atoms. The van der Waals surface area contributed by atoms with Crippen LogP contribution >= 0.6 is 0 Å². The molecule has 0 bridgehead atoms. The second-order valence-electron chi connectivity index (χ2n) is 5.20. The number of fused-ring (bicyclic) bond motifs is 1. The molecule has 0 aliphatic carbocycles. The highest BCUT2D eigenvalue weighted by Crippen LogP contribution is 2.15. The number of rotatable bonds is 3. The SMILES string of the molecule is CNC(=O)c1ccc2c(=O)n(-c3cccc(C(C)=O)c3)[nH]c2c1. The maximum absolute atomic E-state index is 12.5. The van der Waals surface area contributed by atoms with Gasteiger partial charge in [0.05, 0.1) is 16.6 Å². The molecule has 0 radical (unpaired) electrons. The third-order valence-corrected chi connectivity index (χ3v) is 3.69. The van der Waals surface area contributed by atoms with E-state index in [0.29, 0.717) is 27.7 Å². The first-order chi connectivity index (χ1) is 11.0. The molecule has 1 aromatic heterocycles. The Morgan fingerprint density at radius 2 is 1.87 bits per heavy atom. The van der Waals surface area contributed by atoms with Crippen molar-refractivity contribution in [2.24, 2.45) is 0 Å². The van der Waals surface area contributed by atoms with Gasteiger partial charge < -0.3 is 5.32 Å². The van der Waals surface area contributed by atoms with E-state index in [2.05, 4.69) is 10.4 Å². The first kappa shape index (κ1) is 14.8. The quantitative estimate of drug-likeness (QED) is 0.725. The number of amides is 1. The molecule has 23 heavy (non-hydrogen) atoms. The Balaban J connectivity index is 2.17. The molecule has 1 amide bonds. The van der Waals surface area contributed by atoms with Crippen molar-refractivity contribution in [1.82, 2.24) is 15.1 Å². The zero-order valence-electron chi connectivity index (χ0n) is 12.7. The average molecular weight is 309 g/mol. The maximum Gasteiger partial charge on any atom is 0.279 e. The highest BCUT2D eigenvalue weighted by Gasteiger charge is 2.12. The van der Waals surface area contributed by atoms with Crippen LogP contribution in [0.4, 0.5) is 0 Å². The van der Waals surface area contributed by atoms with Crippen LogP contribution in [0.15, 0.2) is 47.3 Å². The van der Waals surface area contributed by atoms with Gasteiger partial charge in [-0.1, -0.05) is 12.1 Å². The minimum atomic E-state index is -0.232. The summed E-state index contributed by atoms with van der Waals surface area (Å²) in [5.74, 6) is -0.294. The molecule has 6 nitrogen and oxygen atoms in total. The number of nitrogens with zero attached hydrogens (tertiary/aromatic N) is 1. The summed E-state index contributed by atoms with van der Waals surface area (Å²) in [6, 6.07) is 11.7. The van der Waals surface area contributed by atoms with Gasteiger partial charge in [-0.25, -0.2) is 4.68 Å². The van der Waals surface area contributed by atoms with Crippen LogP contribution in [0.1, 0.15) is 27.6 Å². The molecule has 0 aliphatic rings. The van der Waals surface area contributed by atoms with E-state index in [9.17, 15) is 14.4 Å². The highest BCUT2D eigenvalue weighted by atomic mass is 16.2.